The summed E-state index contributed by atoms with van der Waals surface area (Å²) in [7, 11) is 0. The first kappa shape index (κ1) is 15.5. The van der Waals surface area contributed by atoms with E-state index in [4.69, 9.17) is 0 Å². The summed E-state index contributed by atoms with van der Waals surface area (Å²) in [6, 6.07) is 10.1. The summed E-state index contributed by atoms with van der Waals surface area (Å²) in [5, 5.41) is 13.6. The first-order valence-electron chi connectivity index (χ1n) is 7.03. The van der Waals surface area contributed by atoms with Gasteiger partial charge in [-0.2, -0.15) is 0 Å². The number of nitrogens with zero attached hydrogens (tertiary/aromatic N) is 1. The Morgan fingerprint density at radius 1 is 1.30 bits per heavy atom. The molecule has 23 heavy (non-hydrogen) atoms. The number of halogens is 1. The fourth-order valence-corrected chi connectivity index (χ4v) is 3.68. The molecule has 1 amide bonds. The van der Waals surface area contributed by atoms with Gasteiger partial charge in [-0.05, 0) is 24.1 Å². The number of nitro groups is 1. The molecule has 0 unspecified atom stereocenters. The molecule has 0 bridgehead atoms. The lowest BCUT2D eigenvalue weighted by Crippen LogP contribution is -2.30. The Kier molecular flexibility index (Phi) is 4.29. The Bertz CT molecular complexity index is 782. The van der Waals surface area contributed by atoms with Crippen molar-refractivity contribution in [3.8, 4) is 0 Å². The maximum absolute atomic E-state index is 13.8. The number of fused-ring (bicyclic) bond motifs is 1. The van der Waals surface area contributed by atoms with Crippen LogP contribution in [0.1, 0.15) is 28.4 Å². The zero-order chi connectivity index (χ0) is 16.4. The van der Waals surface area contributed by atoms with Crippen LogP contribution < -0.4 is 5.32 Å². The highest BCUT2D eigenvalue weighted by atomic mass is 32.2. The van der Waals surface area contributed by atoms with E-state index in [9.17, 15) is 19.3 Å². The molecule has 3 rings (SSSR count). The number of hydrogen-bond acceptors (Lipinski definition) is 4. The largest absolute Gasteiger partial charge is 0.345 e. The van der Waals surface area contributed by atoms with Crippen LogP contribution in [0.15, 0.2) is 47.4 Å². The van der Waals surface area contributed by atoms with Gasteiger partial charge in [0.05, 0.1) is 11.0 Å². The van der Waals surface area contributed by atoms with Crippen LogP contribution in [0.25, 0.3) is 0 Å². The van der Waals surface area contributed by atoms with Crippen molar-refractivity contribution in [2.24, 2.45) is 0 Å². The van der Waals surface area contributed by atoms with Crippen LogP contribution in [0.5, 0.6) is 0 Å². The molecule has 1 N–H and O–H groups in total. The van der Waals surface area contributed by atoms with E-state index in [0.29, 0.717) is 17.1 Å². The van der Waals surface area contributed by atoms with Crippen LogP contribution in [-0.4, -0.2) is 16.6 Å². The van der Waals surface area contributed by atoms with Crippen molar-refractivity contribution < 1.29 is 14.1 Å². The van der Waals surface area contributed by atoms with Crippen LogP contribution >= 0.6 is 11.8 Å². The summed E-state index contributed by atoms with van der Waals surface area (Å²) in [5.41, 5.74) is 0.832. The number of nitrogens with one attached hydrogen (secondary N) is 1. The van der Waals surface area contributed by atoms with Crippen molar-refractivity contribution in [1.82, 2.24) is 5.32 Å². The van der Waals surface area contributed by atoms with Gasteiger partial charge >= 0.3 is 0 Å². The molecule has 7 heteroatoms. The molecular weight excluding hydrogens is 319 g/mol. The highest BCUT2D eigenvalue weighted by Gasteiger charge is 2.25. The number of thioether (sulfide) groups is 1. The Morgan fingerprint density at radius 2 is 2.09 bits per heavy atom. The van der Waals surface area contributed by atoms with E-state index in [0.717, 1.165) is 5.56 Å². The molecular formula is C16H13FN2O3S. The minimum Gasteiger partial charge on any atom is -0.345 e. The zero-order valence-electron chi connectivity index (χ0n) is 12.0. The second-order valence-electron chi connectivity index (χ2n) is 5.13. The average molecular weight is 332 g/mol. The minimum atomic E-state index is -0.543. The molecule has 1 aliphatic heterocycles. The number of non-ortho nitro benzene ring substituents is 1. The van der Waals surface area contributed by atoms with Crippen molar-refractivity contribution in [3.63, 3.8) is 0 Å². The summed E-state index contributed by atoms with van der Waals surface area (Å²) in [5.74, 6) is 0.0102. The van der Waals surface area contributed by atoms with Gasteiger partial charge in [0, 0.05) is 28.3 Å². The van der Waals surface area contributed by atoms with Gasteiger partial charge in [0.25, 0.3) is 11.6 Å². The summed E-state index contributed by atoms with van der Waals surface area (Å²) < 4.78 is 13.8. The van der Waals surface area contributed by atoms with Crippen LogP contribution in [0.2, 0.25) is 0 Å². The highest BCUT2D eigenvalue weighted by Crippen LogP contribution is 2.37. The van der Waals surface area contributed by atoms with Crippen molar-refractivity contribution >= 4 is 23.4 Å². The van der Waals surface area contributed by atoms with Gasteiger partial charge in [0.2, 0.25) is 0 Å². The van der Waals surface area contributed by atoms with E-state index >= 15 is 0 Å². The van der Waals surface area contributed by atoms with Gasteiger partial charge in [0.1, 0.15) is 5.82 Å². The lowest BCUT2D eigenvalue weighted by atomic mass is 10.0. The van der Waals surface area contributed by atoms with Gasteiger partial charge in [-0.25, -0.2) is 4.39 Å². The van der Waals surface area contributed by atoms with E-state index in [2.05, 4.69) is 5.32 Å². The minimum absolute atomic E-state index is 0.136. The number of carbonyl (C=O) groups excluding carboxylic acids is 1. The summed E-state index contributed by atoms with van der Waals surface area (Å²) >= 11 is 1.43. The molecule has 2 aromatic rings. The van der Waals surface area contributed by atoms with Gasteiger partial charge < -0.3 is 5.32 Å². The summed E-state index contributed by atoms with van der Waals surface area (Å²) in [6.45, 7) is 0. The van der Waals surface area contributed by atoms with Crippen molar-refractivity contribution in [1.29, 1.82) is 0 Å². The fourth-order valence-electron chi connectivity index (χ4n) is 2.54. The third-order valence-electron chi connectivity index (χ3n) is 3.65. The Morgan fingerprint density at radius 3 is 2.87 bits per heavy atom. The smallest absolute Gasteiger partial charge is 0.270 e. The first-order valence-corrected chi connectivity index (χ1v) is 8.01. The number of benzene rings is 2. The quantitative estimate of drug-likeness (QED) is 0.687. The van der Waals surface area contributed by atoms with Gasteiger partial charge in [-0.1, -0.05) is 18.2 Å². The fraction of sp³-hybridized carbons (Fsp3) is 0.188. The molecule has 0 aromatic heterocycles. The van der Waals surface area contributed by atoms with E-state index in [1.165, 1.54) is 42.1 Å². The molecule has 1 heterocycles. The Hall–Kier alpha value is -2.41. The number of carbonyl (C=O) groups is 1. The predicted octanol–water partition coefficient (Wildman–Crippen LogP) is 3.70. The number of rotatable bonds is 3. The number of amides is 1. The average Bonchev–Trinajstić information content (AvgIpc) is 2.56. The van der Waals surface area contributed by atoms with E-state index < -0.39 is 10.8 Å². The SMILES string of the molecule is O=C(N[C@@H]1CCSc2c(F)cccc21)c1cccc([N+](=O)[O-])c1. The molecule has 1 atom stereocenters. The van der Waals surface area contributed by atoms with Gasteiger partial charge in [0.15, 0.2) is 0 Å². The molecule has 1 aliphatic rings. The topological polar surface area (TPSA) is 72.2 Å². The van der Waals surface area contributed by atoms with Gasteiger partial charge in [-0.3, -0.25) is 14.9 Å². The first-order chi connectivity index (χ1) is 11.1. The van der Waals surface area contributed by atoms with E-state index in [-0.39, 0.29) is 23.1 Å². The Balaban J connectivity index is 1.83. The molecule has 0 saturated heterocycles. The molecule has 0 fully saturated rings. The highest BCUT2D eigenvalue weighted by molar-refractivity contribution is 7.99. The third kappa shape index (κ3) is 3.19. The molecule has 118 valence electrons. The van der Waals surface area contributed by atoms with Crippen LogP contribution in [0.4, 0.5) is 10.1 Å². The lowest BCUT2D eigenvalue weighted by Gasteiger charge is -2.26. The zero-order valence-corrected chi connectivity index (χ0v) is 12.8. The monoisotopic (exact) mass is 332 g/mol. The van der Waals surface area contributed by atoms with Crippen molar-refractivity contribution in [2.45, 2.75) is 17.4 Å². The van der Waals surface area contributed by atoms with Crippen molar-refractivity contribution in [3.05, 3.63) is 69.5 Å². The summed E-state index contributed by atoms with van der Waals surface area (Å²) in [4.78, 5) is 23.2. The molecule has 2 aromatic carbocycles. The maximum atomic E-state index is 13.8. The van der Waals surface area contributed by atoms with Crippen LogP contribution in [0.3, 0.4) is 0 Å². The molecule has 0 spiro atoms. The summed E-state index contributed by atoms with van der Waals surface area (Å²) in [6.07, 6.45) is 0.682. The standard InChI is InChI=1S/C16H13FN2O3S/c17-13-6-2-5-12-14(7-8-23-15(12)13)18-16(20)10-3-1-4-11(9-10)19(21)22/h1-6,9,14H,7-8H2,(H,18,20)/t14-/m1/s1. The predicted molar refractivity (Wildman–Crippen MR) is 85.0 cm³/mol. The molecule has 5 nitrogen and oxygen atoms in total. The second-order valence-corrected chi connectivity index (χ2v) is 6.23. The van der Waals surface area contributed by atoms with E-state index in [1.54, 1.807) is 12.1 Å². The van der Waals surface area contributed by atoms with E-state index in [1.807, 2.05) is 0 Å². The lowest BCUT2D eigenvalue weighted by molar-refractivity contribution is -0.384. The third-order valence-corrected chi connectivity index (χ3v) is 4.81. The molecule has 0 aliphatic carbocycles. The second kappa shape index (κ2) is 6.37. The van der Waals surface area contributed by atoms with Gasteiger partial charge in [-0.15, -0.1) is 11.8 Å². The molecule has 0 saturated carbocycles. The maximum Gasteiger partial charge on any atom is 0.270 e. The van der Waals surface area contributed by atoms with Crippen LogP contribution in [-0.2, 0) is 0 Å². The number of hydrogen-bond donors (Lipinski definition) is 1. The Labute approximate surface area is 136 Å². The molecule has 0 radical (unpaired) electrons. The normalized spacial score (nSPS) is 16.5. The van der Waals surface area contributed by atoms with Crippen LogP contribution in [0, 0.1) is 15.9 Å². The number of nitro benzene ring substituents is 1. The van der Waals surface area contributed by atoms with Crippen molar-refractivity contribution in [2.75, 3.05) is 5.75 Å².